The summed E-state index contributed by atoms with van der Waals surface area (Å²) < 4.78 is 39.5. The second kappa shape index (κ2) is 20.8. The normalized spacial score (nSPS) is 31.0. The summed E-state index contributed by atoms with van der Waals surface area (Å²) in [6.07, 6.45) is 6.93. The molecule has 3 unspecified atom stereocenters. The van der Waals surface area contributed by atoms with Crippen LogP contribution in [0.15, 0.2) is 42.5 Å². The van der Waals surface area contributed by atoms with E-state index in [4.69, 9.17) is 27.8 Å². The predicted molar refractivity (Wildman–Crippen MR) is 212 cm³/mol. The average Bonchev–Trinajstić information content (AvgIpc) is 3.05. The zero-order valence-electron chi connectivity index (χ0n) is 34.4. The highest BCUT2D eigenvalue weighted by Gasteiger charge is 2.50. The standard InChI is InChI=1S/C41H74O7Si2/c1-28(2)50(29(3)4,30(5)6)48-40-33(9)39(47-49(13,14)15)31(7)25-26-37(44-11)36(43-10)24-20-19-23-35(34-21-17-16-18-22-34)46-41(42)32(8)27-38(40)45-12/h16-18,21-22,25-26,28-33,35-40H,19-20,23-24,27H2,1-15H3/b26-25+/t31-,32?,33+,35-,36?,37+,38-,39?,40-/m0/s1. The molecule has 1 aromatic carbocycles. The summed E-state index contributed by atoms with van der Waals surface area (Å²) in [6.45, 7) is 27.2. The van der Waals surface area contributed by atoms with Gasteiger partial charge in [-0.25, -0.2) is 0 Å². The van der Waals surface area contributed by atoms with Crippen molar-refractivity contribution in [2.24, 2.45) is 17.8 Å². The van der Waals surface area contributed by atoms with E-state index in [1.54, 1.807) is 21.3 Å². The SMILES string of the molecule is COC1CCCC[C@@H](c2ccccc2)OC(=O)C(C)C[C@H](OC)[C@@H](O[Si](C(C)C)(C(C)C)C(C)C)[C@H](C)C(O[Si](C)(C)C)[C@@H](C)/C=C/[C@H]1OC. The summed E-state index contributed by atoms with van der Waals surface area (Å²) >= 11 is 0. The first-order valence-electron chi connectivity index (χ1n) is 19.3. The van der Waals surface area contributed by atoms with Gasteiger partial charge in [0.15, 0.2) is 8.32 Å². The summed E-state index contributed by atoms with van der Waals surface area (Å²) in [5, 5.41) is 0. The molecule has 0 aromatic heterocycles. The molecule has 50 heavy (non-hydrogen) atoms. The zero-order valence-corrected chi connectivity index (χ0v) is 36.4. The van der Waals surface area contributed by atoms with Gasteiger partial charge in [0.05, 0.1) is 30.3 Å². The minimum Gasteiger partial charge on any atom is -0.457 e. The van der Waals surface area contributed by atoms with Crippen LogP contribution in [-0.4, -0.2) is 74.5 Å². The minimum atomic E-state index is -2.38. The van der Waals surface area contributed by atoms with E-state index in [9.17, 15) is 4.79 Å². The molecule has 0 saturated heterocycles. The fraction of sp³-hybridized carbons (Fsp3) is 0.780. The van der Waals surface area contributed by atoms with Gasteiger partial charge in [-0.05, 0) is 73.4 Å². The first kappa shape index (κ1) is 44.8. The Kier molecular flexibility index (Phi) is 18.6. The second-order valence-corrected chi connectivity index (χ2v) is 26.6. The fourth-order valence-corrected chi connectivity index (χ4v) is 15.2. The van der Waals surface area contributed by atoms with Gasteiger partial charge in [-0.1, -0.05) is 111 Å². The van der Waals surface area contributed by atoms with E-state index >= 15 is 0 Å². The molecule has 9 atom stereocenters. The van der Waals surface area contributed by atoms with Crippen molar-refractivity contribution in [2.45, 2.75) is 167 Å². The summed E-state index contributed by atoms with van der Waals surface area (Å²) in [4.78, 5) is 14.0. The van der Waals surface area contributed by atoms with Crippen molar-refractivity contribution in [3.63, 3.8) is 0 Å². The minimum absolute atomic E-state index is 0.0344. The highest BCUT2D eigenvalue weighted by Crippen LogP contribution is 2.45. The van der Waals surface area contributed by atoms with Crippen LogP contribution in [0.4, 0.5) is 0 Å². The van der Waals surface area contributed by atoms with Gasteiger partial charge in [0, 0.05) is 27.2 Å². The van der Waals surface area contributed by atoms with Gasteiger partial charge in [0.2, 0.25) is 8.32 Å². The lowest BCUT2D eigenvalue weighted by atomic mass is 9.84. The van der Waals surface area contributed by atoms with Crippen LogP contribution >= 0.6 is 0 Å². The maximum atomic E-state index is 14.0. The van der Waals surface area contributed by atoms with E-state index in [0.29, 0.717) is 23.0 Å². The molecule has 9 heteroatoms. The number of cyclic esters (lactones) is 1. The van der Waals surface area contributed by atoms with Crippen molar-refractivity contribution in [1.29, 1.82) is 0 Å². The number of ether oxygens (including phenoxy) is 4. The lowest BCUT2D eigenvalue weighted by Crippen LogP contribution is -2.57. The van der Waals surface area contributed by atoms with Crippen molar-refractivity contribution in [1.82, 2.24) is 0 Å². The number of hydrogen-bond donors (Lipinski definition) is 0. The molecule has 0 N–H and O–H groups in total. The van der Waals surface area contributed by atoms with Crippen LogP contribution in [-0.2, 0) is 32.6 Å². The Morgan fingerprint density at radius 1 is 0.720 bits per heavy atom. The molecule has 0 amide bonds. The third-order valence-corrected chi connectivity index (χ3v) is 18.0. The molecule has 2 rings (SSSR count). The lowest BCUT2D eigenvalue weighted by molar-refractivity contribution is -0.157. The van der Waals surface area contributed by atoms with Crippen molar-refractivity contribution >= 4 is 22.6 Å². The van der Waals surface area contributed by atoms with Crippen molar-refractivity contribution < 1.29 is 32.6 Å². The van der Waals surface area contributed by atoms with Gasteiger partial charge in [-0.3, -0.25) is 4.79 Å². The first-order valence-corrected chi connectivity index (χ1v) is 24.9. The Bertz CT molecular complexity index is 1110. The van der Waals surface area contributed by atoms with Crippen molar-refractivity contribution in [3.05, 3.63) is 48.0 Å². The zero-order chi connectivity index (χ0) is 37.8. The molecule has 0 radical (unpaired) electrons. The van der Waals surface area contributed by atoms with Gasteiger partial charge >= 0.3 is 5.97 Å². The smallest absolute Gasteiger partial charge is 0.309 e. The summed E-state index contributed by atoms with van der Waals surface area (Å²) in [5.41, 5.74) is 2.17. The molecular weight excluding hydrogens is 661 g/mol. The number of benzene rings is 1. The molecule has 288 valence electrons. The fourth-order valence-electron chi connectivity index (χ4n) is 8.32. The monoisotopic (exact) mass is 734 g/mol. The Morgan fingerprint density at radius 3 is 1.78 bits per heavy atom. The topological polar surface area (TPSA) is 72.5 Å². The Labute approximate surface area is 308 Å². The molecule has 0 bridgehead atoms. The van der Waals surface area contributed by atoms with E-state index in [2.05, 4.69) is 99.3 Å². The quantitative estimate of drug-likeness (QED) is 0.127. The van der Waals surface area contributed by atoms with Crippen LogP contribution in [0, 0.1) is 17.8 Å². The van der Waals surface area contributed by atoms with Gasteiger partial charge in [-0.2, -0.15) is 0 Å². The summed E-state index contributed by atoms with van der Waals surface area (Å²) in [6, 6.07) is 10.1. The van der Waals surface area contributed by atoms with Crippen LogP contribution in [0.5, 0.6) is 0 Å². The maximum absolute atomic E-state index is 14.0. The molecule has 0 fully saturated rings. The van der Waals surface area contributed by atoms with Gasteiger partial charge in [0.25, 0.3) is 0 Å². The molecule has 0 aliphatic carbocycles. The highest BCUT2D eigenvalue weighted by atomic mass is 28.4. The molecule has 1 aliphatic heterocycles. The number of hydrogen-bond acceptors (Lipinski definition) is 7. The molecule has 7 nitrogen and oxygen atoms in total. The van der Waals surface area contributed by atoms with Gasteiger partial charge in [0.1, 0.15) is 12.2 Å². The lowest BCUT2D eigenvalue weighted by Gasteiger charge is -2.49. The number of carbonyl (C=O) groups excluding carboxylic acids is 1. The van der Waals surface area contributed by atoms with E-state index in [-0.39, 0.29) is 60.3 Å². The number of esters is 1. The Morgan fingerprint density at radius 2 is 1.28 bits per heavy atom. The van der Waals surface area contributed by atoms with E-state index in [1.807, 2.05) is 25.1 Å². The van der Waals surface area contributed by atoms with Crippen molar-refractivity contribution in [3.8, 4) is 0 Å². The molecule has 0 spiro atoms. The maximum Gasteiger partial charge on any atom is 0.309 e. The second-order valence-electron chi connectivity index (χ2n) is 16.7. The molecule has 1 aliphatic rings. The average molecular weight is 735 g/mol. The van der Waals surface area contributed by atoms with E-state index in [0.717, 1.165) is 31.2 Å². The molecule has 1 aromatic rings. The third kappa shape index (κ3) is 12.4. The van der Waals surface area contributed by atoms with Crippen LogP contribution in [0.1, 0.15) is 106 Å². The first-order chi connectivity index (χ1) is 23.4. The number of methoxy groups -OCH3 is 3. The van der Waals surface area contributed by atoms with Gasteiger partial charge in [-0.15, -0.1) is 0 Å². The summed E-state index contributed by atoms with van der Waals surface area (Å²) in [7, 11) is 0.888. The predicted octanol–water partition coefficient (Wildman–Crippen LogP) is 10.5. The largest absolute Gasteiger partial charge is 0.457 e. The number of rotatable bonds is 11. The third-order valence-electron chi connectivity index (χ3n) is 10.9. The van der Waals surface area contributed by atoms with E-state index in [1.165, 1.54) is 0 Å². The Balaban J connectivity index is 2.76. The summed E-state index contributed by atoms with van der Waals surface area (Å²) in [5.74, 6) is -0.552. The van der Waals surface area contributed by atoms with Gasteiger partial charge < -0.3 is 27.8 Å². The van der Waals surface area contributed by atoms with Crippen LogP contribution in [0.3, 0.4) is 0 Å². The van der Waals surface area contributed by atoms with Crippen LogP contribution < -0.4 is 0 Å². The number of carbonyl (C=O) groups is 1. The molecule has 0 saturated carbocycles. The van der Waals surface area contributed by atoms with Crippen LogP contribution in [0.25, 0.3) is 0 Å². The Hall–Kier alpha value is -1.34. The van der Waals surface area contributed by atoms with Crippen molar-refractivity contribution in [2.75, 3.05) is 21.3 Å². The molecular formula is C41H74O7Si2. The highest BCUT2D eigenvalue weighted by molar-refractivity contribution is 6.77. The van der Waals surface area contributed by atoms with E-state index < -0.39 is 16.6 Å². The van der Waals surface area contributed by atoms with Crippen LogP contribution in [0.2, 0.25) is 36.3 Å². The molecule has 1 heterocycles.